The van der Waals surface area contributed by atoms with Crippen LogP contribution in [0.15, 0.2) is 12.1 Å². The molecule has 2 aromatic rings. The highest BCUT2D eigenvalue weighted by Crippen LogP contribution is 2.19. The lowest BCUT2D eigenvalue weighted by Gasteiger charge is -2.33. The Bertz CT molecular complexity index is 845. The smallest absolute Gasteiger partial charge is 0.274 e. The number of nitrogens with zero attached hydrogens (tertiary/aromatic N) is 5. The monoisotopic (exact) mass is 373 g/mol. The number of rotatable bonds is 3. The molecule has 0 bridgehead atoms. The van der Waals surface area contributed by atoms with Gasteiger partial charge < -0.3 is 19.6 Å². The Labute approximate surface area is 158 Å². The number of hydrogen-bond acceptors (Lipinski definition) is 6. The van der Waals surface area contributed by atoms with Gasteiger partial charge in [0.1, 0.15) is 5.60 Å². The van der Waals surface area contributed by atoms with Gasteiger partial charge in [-0.25, -0.2) is 9.50 Å². The molecule has 0 unspecified atom stereocenters. The minimum atomic E-state index is -1.06. The molecule has 1 amide bonds. The van der Waals surface area contributed by atoms with E-state index >= 15 is 0 Å². The van der Waals surface area contributed by atoms with Gasteiger partial charge in [0.25, 0.3) is 5.91 Å². The predicted molar refractivity (Wildman–Crippen MR) is 99.8 cm³/mol. The Hall–Kier alpha value is -2.03. The number of carbonyl (C=O) groups is 1. The minimum Gasteiger partial charge on any atom is -0.384 e. The second-order valence-electron chi connectivity index (χ2n) is 7.83. The van der Waals surface area contributed by atoms with E-state index in [-0.39, 0.29) is 19.1 Å². The Morgan fingerprint density at radius 3 is 2.81 bits per heavy atom. The van der Waals surface area contributed by atoms with Crippen molar-refractivity contribution >= 4 is 11.6 Å². The van der Waals surface area contributed by atoms with E-state index in [9.17, 15) is 9.90 Å². The van der Waals surface area contributed by atoms with Crippen LogP contribution < -0.4 is 0 Å². The topological polar surface area (TPSA) is 83.2 Å². The molecule has 146 valence electrons. The van der Waals surface area contributed by atoms with Gasteiger partial charge in [0.15, 0.2) is 11.3 Å². The summed E-state index contributed by atoms with van der Waals surface area (Å²) in [7, 11) is 0. The van der Waals surface area contributed by atoms with E-state index in [0.29, 0.717) is 31.0 Å². The van der Waals surface area contributed by atoms with E-state index in [4.69, 9.17) is 4.74 Å². The lowest BCUT2D eigenvalue weighted by atomic mass is 10.0. The first-order valence-corrected chi connectivity index (χ1v) is 9.59. The molecule has 27 heavy (non-hydrogen) atoms. The summed E-state index contributed by atoms with van der Waals surface area (Å²) in [4.78, 5) is 21.4. The highest BCUT2D eigenvalue weighted by molar-refractivity contribution is 5.93. The molecule has 1 atom stereocenters. The fourth-order valence-electron chi connectivity index (χ4n) is 4.10. The lowest BCUT2D eigenvalue weighted by Crippen LogP contribution is -2.53. The van der Waals surface area contributed by atoms with Gasteiger partial charge in [0, 0.05) is 30.5 Å². The van der Waals surface area contributed by atoms with E-state index in [1.807, 2.05) is 19.9 Å². The molecule has 2 fully saturated rings. The number of aliphatic hydroxyl groups is 1. The van der Waals surface area contributed by atoms with Gasteiger partial charge in [-0.2, -0.15) is 5.10 Å². The summed E-state index contributed by atoms with van der Waals surface area (Å²) in [5.41, 5.74) is 1.78. The van der Waals surface area contributed by atoms with Gasteiger partial charge in [-0.3, -0.25) is 4.79 Å². The summed E-state index contributed by atoms with van der Waals surface area (Å²) >= 11 is 0. The first kappa shape index (κ1) is 18.3. The van der Waals surface area contributed by atoms with Crippen LogP contribution in [0.4, 0.5) is 0 Å². The third-order valence-electron chi connectivity index (χ3n) is 5.32. The average Bonchev–Trinajstić information content (AvgIpc) is 3.22. The molecule has 0 spiro atoms. The maximum absolute atomic E-state index is 13.1. The van der Waals surface area contributed by atoms with Crippen LogP contribution >= 0.6 is 0 Å². The molecule has 2 aliphatic rings. The Balaban J connectivity index is 1.55. The van der Waals surface area contributed by atoms with Crippen LogP contribution in [0.3, 0.4) is 0 Å². The van der Waals surface area contributed by atoms with Crippen LogP contribution in [0.25, 0.3) is 5.65 Å². The molecule has 4 heterocycles. The molecule has 2 saturated heterocycles. The lowest BCUT2D eigenvalue weighted by molar-refractivity contribution is -0.0524. The van der Waals surface area contributed by atoms with Crippen molar-refractivity contribution in [1.29, 1.82) is 0 Å². The van der Waals surface area contributed by atoms with E-state index < -0.39 is 5.60 Å². The quantitative estimate of drug-likeness (QED) is 0.850. The summed E-state index contributed by atoms with van der Waals surface area (Å²) in [5, 5.41) is 15.5. The molecule has 1 N–H and O–H groups in total. The Kier molecular flexibility index (Phi) is 4.88. The van der Waals surface area contributed by atoms with Crippen LogP contribution in [0.1, 0.15) is 34.7 Å². The summed E-state index contributed by atoms with van der Waals surface area (Å²) in [6.45, 7) is 7.74. The predicted octanol–water partition coefficient (Wildman–Crippen LogP) is 0.645. The fourth-order valence-corrected chi connectivity index (χ4v) is 4.10. The van der Waals surface area contributed by atoms with E-state index in [0.717, 1.165) is 37.3 Å². The number of β-amino-alcohol motifs (C(OH)–C–C–N with tert-alkyl or cyclic N) is 1. The molecular formula is C19H27N5O3. The summed E-state index contributed by atoms with van der Waals surface area (Å²) in [5.74, 6) is -0.192. The second-order valence-corrected chi connectivity index (χ2v) is 7.83. The van der Waals surface area contributed by atoms with E-state index in [1.54, 1.807) is 15.5 Å². The van der Waals surface area contributed by atoms with Crippen LogP contribution in [-0.2, 0) is 4.74 Å². The number of likely N-dealkylation sites (tertiary alicyclic amines) is 1. The molecule has 0 radical (unpaired) electrons. The molecule has 0 aliphatic carbocycles. The standard InChI is InChI=1S/C19H27N5O3/c1-14-9-15(2)24-17(20-14)10-16(21-24)18(25)23-7-8-27-13-19(26,12-23)11-22-5-3-4-6-22/h9-10,26H,3-8,11-13H2,1-2H3/t19-/m0/s1. The molecule has 4 rings (SSSR count). The normalized spacial score (nSPS) is 24.5. The summed E-state index contributed by atoms with van der Waals surface area (Å²) < 4.78 is 7.31. The van der Waals surface area contributed by atoms with Gasteiger partial charge in [-0.1, -0.05) is 0 Å². The number of fused-ring (bicyclic) bond motifs is 1. The zero-order valence-corrected chi connectivity index (χ0v) is 16.0. The first-order chi connectivity index (χ1) is 12.9. The van der Waals surface area contributed by atoms with Crippen molar-refractivity contribution in [2.75, 3.05) is 45.9 Å². The SMILES string of the molecule is Cc1cc(C)n2nc(C(=O)N3CCOC[C@](O)(CN4CCCC4)C3)cc2n1. The summed E-state index contributed by atoms with van der Waals surface area (Å²) in [6.07, 6.45) is 2.32. The van der Waals surface area contributed by atoms with Crippen LogP contribution in [0.2, 0.25) is 0 Å². The number of hydrogen-bond donors (Lipinski definition) is 1. The number of aromatic nitrogens is 3. The maximum atomic E-state index is 13.1. The van der Waals surface area contributed by atoms with Crippen molar-refractivity contribution in [2.45, 2.75) is 32.3 Å². The van der Waals surface area contributed by atoms with Gasteiger partial charge in [-0.15, -0.1) is 0 Å². The number of ether oxygens (including phenoxy) is 1. The van der Waals surface area contributed by atoms with Crippen molar-refractivity contribution < 1.29 is 14.6 Å². The largest absolute Gasteiger partial charge is 0.384 e. The number of amides is 1. The van der Waals surface area contributed by atoms with Gasteiger partial charge >= 0.3 is 0 Å². The molecular weight excluding hydrogens is 346 g/mol. The van der Waals surface area contributed by atoms with Crippen molar-refractivity contribution in [3.8, 4) is 0 Å². The van der Waals surface area contributed by atoms with Crippen molar-refractivity contribution in [2.24, 2.45) is 0 Å². The van der Waals surface area contributed by atoms with Crippen molar-refractivity contribution in [3.63, 3.8) is 0 Å². The average molecular weight is 373 g/mol. The third kappa shape index (κ3) is 3.83. The van der Waals surface area contributed by atoms with Gasteiger partial charge in [0.2, 0.25) is 0 Å². The zero-order chi connectivity index (χ0) is 19.0. The van der Waals surface area contributed by atoms with E-state index in [2.05, 4.69) is 15.0 Å². The van der Waals surface area contributed by atoms with Crippen molar-refractivity contribution in [1.82, 2.24) is 24.4 Å². The fraction of sp³-hybridized carbons (Fsp3) is 0.632. The highest BCUT2D eigenvalue weighted by atomic mass is 16.5. The van der Waals surface area contributed by atoms with Crippen LogP contribution in [0, 0.1) is 13.8 Å². The summed E-state index contributed by atoms with van der Waals surface area (Å²) in [6, 6.07) is 3.65. The highest BCUT2D eigenvalue weighted by Gasteiger charge is 2.37. The van der Waals surface area contributed by atoms with Crippen molar-refractivity contribution in [3.05, 3.63) is 29.2 Å². The molecule has 2 aromatic heterocycles. The van der Waals surface area contributed by atoms with Gasteiger partial charge in [0.05, 0.1) is 19.8 Å². The van der Waals surface area contributed by atoms with Crippen LogP contribution in [0.5, 0.6) is 0 Å². The van der Waals surface area contributed by atoms with Gasteiger partial charge in [-0.05, 0) is 45.8 Å². The molecule has 8 heteroatoms. The number of aryl methyl sites for hydroxylation is 2. The first-order valence-electron chi connectivity index (χ1n) is 9.59. The Morgan fingerprint density at radius 1 is 1.26 bits per heavy atom. The second kappa shape index (κ2) is 7.18. The Morgan fingerprint density at radius 2 is 2.04 bits per heavy atom. The molecule has 0 saturated carbocycles. The zero-order valence-electron chi connectivity index (χ0n) is 16.0. The maximum Gasteiger partial charge on any atom is 0.274 e. The number of carbonyl (C=O) groups excluding carboxylic acids is 1. The minimum absolute atomic E-state index is 0.192. The molecule has 0 aromatic carbocycles. The van der Waals surface area contributed by atoms with E-state index in [1.165, 1.54) is 0 Å². The van der Waals surface area contributed by atoms with Crippen LogP contribution in [-0.4, -0.2) is 87.0 Å². The third-order valence-corrected chi connectivity index (χ3v) is 5.32. The molecule has 2 aliphatic heterocycles. The molecule has 8 nitrogen and oxygen atoms in total.